The van der Waals surface area contributed by atoms with Gasteiger partial charge in [0.1, 0.15) is 0 Å². The van der Waals surface area contributed by atoms with E-state index in [9.17, 15) is 9.90 Å². The molecule has 4 heteroatoms. The zero-order chi connectivity index (χ0) is 15.1. The van der Waals surface area contributed by atoms with Gasteiger partial charge in [0.25, 0.3) is 0 Å². The van der Waals surface area contributed by atoms with Crippen molar-refractivity contribution in [2.45, 2.75) is 53.4 Å². The molecule has 0 fully saturated rings. The fraction of sp³-hybridized carbons (Fsp3) is 0.800. The van der Waals surface area contributed by atoms with Gasteiger partial charge in [-0.3, -0.25) is 4.79 Å². The molecule has 0 amide bonds. The molecule has 111 valence electrons. The summed E-state index contributed by atoms with van der Waals surface area (Å²) in [4.78, 5) is 11.7. The van der Waals surface area contributed by atoms with Crippen LogP contribution in [-0.2, 0) is 19.4 Å². The van der Waals surface area contributed by atoms with E-state index >= 15 is 0 Å². The average Bonchev–Trinajstić information content (AvgIpc) is 2.33. The van der Waals surface area contributed by atoms with E-state index in [1.54, 1.807) is 0 Å². The summed E-state index contributed by atoms with van der Waals surface area (Å²) in [5.74, 6) is -0.830. The number of hydrogen-bond acceptors (Lipinski definition) is 3. The second-order valence-electron chi connectivity index (χ2n) is 6.05. The van der Waals surface area contributed by atoms with Crippen molar-refractivity contribution >= 4 is 5.97 Å². The van der Waals surface area contributed by atoms with Gasteiger partial charge in [-0.25, -0.2) is 5.11 Å². The molecule has 0 rings (SSSR count). The molecule has 0 heterocycles. The summed E-state index contributed by atoms with van der Waals surface area (Å²) in [6, 6.07) is 0. The molecule has 0 spiro atoms. The van der Waals surface area contributed by atoms with Crippen molar-refractivity contribution < 1.29 is 19.4 Å². The van der Waals surface area contributed by atoms with Crippen molar-refractivity contribution in [2.24, 2.45) is 11.3 Å². The molecule has 0 aliphatic heterocycles. The third kappa shape index (κ3) is 7.09. The number of carbonyl (C=O) groups excluding carboxylic acids is 1. The summed E-state index contributed by atoms with van der Waals surface area (Å²) in [6.07, 6.45) is 2.64. The van der Waals surface area contributed by atoms with Crippen molar-refractivity contribution in [3.8, 4) is 0 Å². The molecule has 0 aliphatic rings. The van der Waals surface area contributed by atoms with E-state index in [0.29, 0.717) is 18.4 Å². The van der Waals surface area contributed by atoms with E-state index in [2.05, 4.69) is 20.8 Å². The number of allylic oxidation sites excluding steroid dienone is 1. The molecule has 1 atom stereocenters. The highest BCUT2D eigenvalue weighted by Crippen LogP contribution is 2.31. The van der Waals surface area contributed by atoms with E-state index < -0.39 is 0 Å². The van der Waals surface area contributed by atoms with Gasteiger partial charge < -0.3 is 9.47 Å². The Labute approximate surface area is 116 Å². The Morgan fingerprint density at radius 3 is 2.11 bits per heavy atom. The van der Waals surface area contributed by atoms with Crippen LogP contribution >= 0.6 is 0 Å². The lowest BCUT2D eigenvalue weighted by Gasteiger charge is -2.22. The third-order valence-corrected chi connectivity index (χ3v) is 2.88. The van der Waals surface area contributed by atoms with Crippen LogP contribution in [0.25, 0.3) is 0 Å². The minimum Gasteiger partial charge on any atom is -0.469 e. The minimum atomic E-state index is -0.320. The second-order valence-corrected chi connectivity index (χ2v) is 6.05. The number of methoxy groups -OCH3 is 2. The molecule has 1 radical (unpaired) electrons. The summed E-state index contributed by atoms with van der Waals surface area (Å²) in [5.41, 5.74) is 0.648. The molecule has 0 saturated heterocycles. The standard InChI is InChI=1S/C15H27O4/c1-7-8-11(13(16)18-5)9-12(14(17)19-6)10-15(2,3)4/h11H,7-10H2,1-6H3. The van der Waals surface area contributed by atoms with Gasteiger partial charge in [0.15, 0.2) is 0 Å². The molecule has 0 saturated carbocycles. The van der Waals surface area contributed by atoms with Gasteiger partial charge in [0, 0.05) is 5.57 Å². The Morgan fingerprint density at radius 2 is 1.74 bits per heavy atom. The van der Waals surface area contributed by atoms with Crippen LogP contribution in [-0.4, -0.2) is 20.2 Å². The quantitative estimate of drug-likeness (QED) is 0.524. The molecule has 0 aromatic heterocycles. The summed E-state index contributed by atoms with van der Waals surface area (Å²) in [6.45, 7) is 8.19. The van der Waals surface area contributed by atoms with Crippen LogP contribution in [0, 0.1) is 11.3 Å². The molecular formula is C15H27O4. The van der Waals surface area contributed by atoms with Crippen LogP contribution in [0.4, 0.5) is 0 Å². The van der Waals surface area contributed by atoms with Crippen molar-refractivity contribution in [1.82, 2.24) is 0 Å². The Kier molecular flexibility index (Phi) is 7.57. The predicted molar refractivity (Wildman–Crippen MR) is 73.8 cm³/mol. The predicted octanol–water partition coefficient (Wildman–Crippen LogP) is 3.69. The molecule has 4 nitrogen and oxygen atoms in total. The summed E-state index contributed by atoms with van der Waals surface area (Å²) in [5, 5.41) is 11.8. The fourth-order valence-electron chi connectivity index (χ4n) is 2.13. The van der Waals surface area contributed by atoms with E-state index in [1.165, 1.54) is 14.2 Å². The Balaban J connectivity index is 5.02. The first-order valence-corrected chi connectivity index (χ1v) is 6.76. The first kappa shape index (κ1) is 17.8. The van der Waals surface area contributed by atoms with E-state index in [1.807, 2.05) is 6.92 Å². The molecule has 1 unspecified atom stereocenters. The second kappa shape index (κ2) is 8.08. The molecule has 0 aromatic carbocycles. The number of esters is 1. The topological polar surface area (TPSA) is 55.4 Å². The van der Waals surface area contributed by atoms with Gasteiger partial charge in [-0.05, 0) is 24.7 Å². The number of ether oxygens (including phenoxy) is 2. The normalized spacial score (nSPS) is 14.6. The number of carbonyl (C=O) groups is 1. The highest BCUT2D eigenvalue weighted by molar-refractivity contribution is 5.72. The maximum Gasteiger partial charge on any atom is 0.329 e. The summed E-state index contributed by atoms with van der Waals surface area (Å²) < 4.78 is 9.63. The highest BCUT2D eigenvalue weighted by Gasteiger charge is 2.25. The average molecular weight is 271 g/mol. The lowest BCUT2D eigenvalue weighted by molar-refractivity contribution is -0.145. The Morgan fingerprint density at radius 1 is 1.16 bits per heavy atom. The van der Waals surface area contributed by atoms with Crippen molar-refractivity contribution in [1.29, 1.82) is 0 Å². The SMILES string of the molecule is CCCC(CC(CC(C)(C)C)=C([O])OC)C(=O)OC. The molecular weight excluding hydrogens is 244 g/mol. The van der Waals surface area contributed by atoms with E-state index in [-0.39, 0.29) is 23.2 Å². The van der Waals surface area contributed by atoms with Gasteiger partial charge in [0.2, 0.25) is 0 Å². The van der Waals surface area contributed by atoms with Crippen molar-refractivity contribution in [3.05, 3.63) is 11.5 Å². The Bertz CT molecular complexity index is 313. The molecule has 19 heavy (non-hydrogen) atoms. The van der Waals surface area contributed by atoms with Gasteiger partial charge in [-0.2, -0.15) is 0 Å². The van der Waals surface area contributed by atoms with Gasteiger partial charge in [0.05, 0.1) is 20.1 Å². The van der Waals surface area contributed by atoms with Crippen LogP contribution in [0.15, 0.2) is 11.5 Å². The van der Waals surface area contributed by atoms with Gasteiger partial charge in [-0.15, -0.1) is 0 Å². The van der Waals surface area contributed by atoms with Gasteiger partial charge >= 0.3 is 11.9 Å². The first-order chi connectivity index (χ1) is 8.75. The summed E-state index contributed by atoms with van der Waals surface area (Å²) in [7, 11) is 2.75. The lowest BCUT2D eigenvalue weighted by Crippen LogP contribution is -2.19. The maximum absolute atomic E-state index is 11.8. The van der Waals surface area contributed by atoms with Crippen LogP contribution in [0.3, 0.4) is 0 Å². The minimum absolute atomic E-state index is 0.0175. The molecule has 0 aliphatic carbocycles. The van der Waals surface area contributed by atoms with Crippen LogP contribution in [0.5, 0.6) is 0 Å². The maximum atomic E-state index is 11.8. The third-order valence-electron chi connectivity index (χ3n) is 2.88. The van der Waals surface area contributed by atoms with Crippen LogP contribution in [0.1, 0.15) is 53.4 Å². The van der Waals surface area contributed by atoms with Crippen molar-refractivity contribution in [2.75, 3.05) is 14.2 Å². The molecule has 0 aromatic rings. The first-order valence-electron chi connectivity index (χ1n) is 6.76. The lowest BCUT2D eigenvalue weighted by atomic mass is 9.83. The Hall–Kier alpha value is -1.19. The van der Waals surface area contributed by atoms with E-state index in [0.717, 1.165) is 12.8 Å². The zero-order valence-corrected chi connectivity index (χ0v) is 13.0. The van der Waals surface area contributed by atoms with E-state index in [4.69, 9.17) is 9.47 Å². The van der Waals surface area contributed by atoms with Crippen LogP contribution in [0.2, 0.25) is 0 Å². The number of rotatable bonds is 7. The largest absolute Gasteiger partial charge is 0.469 e. The fourth-order valence-corrected chi connectivity index (χ4v) is 2.13. The highest BCUT2D eigenvalue weighted by atomic mass is 16.6. The van der Waals surface area contributed by atoms with Crippen LogP contribution < -0.4 is 0 Å². The monoisotopic (exact) mass is 271 g/mol. The van der Waals surface area contributed by atoms with Gasteiger partial charge in [-0.1, -0.05) is 34.1 Å². The zero-order valence-electron chi connectivity index (χ0n) is 13.0. The number of hydrogen-bond donors (Lipinski definition) is 0. The summed E-state index contributed by atoms with van der Waals surface area (Å²) >= 11 is 0. The molecule has 0 bridgehead atoms. The van der Waals surface area contributed by atoms with Crippen molar-refractivity contribution in [3.63, 3.8) is 0 Å². The smallest absolute Gasteiger partial charge is 0.329 e. The molecule has 0 N–H and O–H groups in total.